The molecule has 1 amide bonds. The first kappa shape index (κ1) is 56.2. The molecule has 10 heteroatoms. The van der Waals surface area contributed by atoms with Gasteiger partial charge in [0.15, 0.2) is 0 Å². The number of nitrogens with one attached hydrogen (secondary N) is 1. The molecular formula is C49H97NO9. The molecule has 1 saturated carbocycles. The quantitative estimate of drug-likeness (QED) is 0.0279. The van der Waals surface area contributed by atoms with Gasteiger partial charge in [0, 0.05) is 12.5 Å². The Morgan fingerprint density at radius 3 is 1.36 bits per heavy atom. The fraction of sp³-hybridized carbons (Fsp3) is 0.980. The predicted octanol–water partition coefficient (Wildman–Crippen LogP) is 9.19. The van der Waals surface area contributed by atoms with Gasteiger partial charge in [-0.25, -0.2) is 0 Å². The van der Waals surface area contributed by atoms with Crippen molar-refractivity contribution >= 4 is 5.91 Å². The van der Waals surface area contributed by atoms with Crippen molar-refractivity contribution in [2.75, 3.05) is 13.2 Å². The van der Waals surface area contributed by atoms with Gasteiger partial charge in [-0.2, -0.15) is 0 Å². The third-order valence-electron chi connectivity index (χ3n) is 12.9. The van der Waals surface area contributed by atoms with Crippen molar-refractivity contribution in [1.82, 2.24) is 5.32 Å². The summed E-state index contributed by atoms with van der Waals surface area (Å²) in [6, 6.07) is -1.08. The lowest BCUT2D eigenvalue weighted by atomic mass is 9.81. The number of rotatable bonds is 41. The number of hydrogen-bond acceptors (Lipinski definition) is 9. The Labute approximate surface area is 362 Å². The molecule has 1 aliphatic carbocycles. The van der Waals surface area contributed by atoms with Crippen LogP contribution in [0.1, 0.15) is 233 Å². The highest BCUT2D eigenvalue weighted by Crippen LogP contribution is 2.28. The van der Waals surface area contributed by atoms with Crippen LogP contribution in [0, 0.1) is 11.8 Å². The highest BCUT2D eigenvalue weighted by atomic mass is 16.5. The molecule has 0 aromatic carbocycles. The fourth-order valence-electron chi connectivity index (χ4n) is 8.67. The van der Waals surface area contributed by atoms with Crippen molar-refractivity contribution in [2.45, 2.75) is 281 Å². The lowest BCUT2D eigenvalue weighted by Gasteiger charge is -2.40. The number of aliphatic hydroxyl groups excluding tert-OH is 7. The average Bonchev–Trinajstić information content (AvgIpc) is 3.22. The van der Waals surface area contributed by atoms with Gasteiger partial charge in [-0.15, -0.1) is 0 Å². The Hall–Kier alpha value is -0.850. The molecule has 0 aromatic rings. The van der Waals surface area contributed by atoms with E-state index in [1.807, 2.05) is 0 Å². The third-order valence-corrected chi connectivity index (χ3v) is 12.9. The zero-order chi connectivity index (χ0) is 43.5. The predicted molar refractivity (Wildman–Crippen MR) is 241 cm³/mol. The van der Waals surface area contributed by atoms with Gasteiger partial charge in [-0.05, 0) is 25.2 Å². The van der Waals surface area contributed by atoms with Crippen molar-refractivity contribution in [3.63, 3.8) is 0 Å². The van der Waals surface area contributed by atoms with Crippen LogP contribution in [0.3, 0.4) is 0 Å². The molecule has 0 saturated heterocycles. The van der Waals surface area contributed by atoms with E-state index in [-0.39, 0.29) is 13.0 Å². The zero-order valence-corrected chi connectivity index (χ0v) is 38.5. The number of carbonyl (C=O) groups is 1. The summed E-state index contributed by atoms with van der Waals surface area (Å²) in [7, 11) is 0. The highest BCUT2D eigenvalue weighted by molar-refractivity contribution is 5.80. The van der Waals surface area contributed by atoms with Crippen LogP contribution in [0.15, 0.2) is 0 Å². The summed E-state index contributed by atoms with van der Waals surface area (Å²) in [6.07, 6.45) is 28.7. The first-order valence-corrected chi connectivity index (χ1v) is 25.1. The van der Waals surface area contributed by atoms with Crippen LogP contribution in [0.4, 0.5) is 0 Å². The van der Waals surface area contributed by atoms with E-state index in [1.165, 1.54) is 141 Å². The second-order valence-electron chi connectivity index (χ2n) is 18.9. The number of hydrogen-bond donors (Lipinski definition) is 8. The molecule has 0 radical (unpaired) electrons. The van der Waals surface area contributed by atoms with E-state index in [4.69, 9.17) is 4.74 Å². The van der Waals surface area contributed by atoms with Crippen LogP contribution in [0.5, 0.6) is 0 Å². The Kier molecular flexibility index (Phi) is 35.9. The summed E-state index contributed by atoms with van der Waals surface area (Å²) in [5.74, 6) is -0.594. The largest absolute Gasteiger partial charge is 0.396 e. The van der Waals surface area contributed by atoms with Gasteiger partial charge >= 0.3 is 0 Å². The molecule has 9 atom stereocenters. The molecule has 0 heterocycles. The Bertz CT molecular complexity index is 939. The van der Waals surface area contributed by atoms with Gasteiger partial charge in [0.2, 0.25) is 5.91 Å². The van der Waals surface area contributed by atoms with E-state index in [0.29, 0.717) is 19.3 Å². The third kappa shape index (κ3) is 28.5. The van der Waals surface area contributed by atoms with Crippen molar-refractivity contribution in [1.29, 1.82) is 0 Å². The van der Waals surface area contributed by atoms with Crippen LogP contribution in [-0.2, 0) is 9.53 Å². The first-order chi connectivity index (χ1) is 28.5. The molecule has 352 valence electrons. The minimum atomic E-state index is -1.52. The van der Waals surface area contributed by atoms with Gasteiger partial charge in [0.05, 0.1) is 31.0 Å². The number of carbonyl (C=O) groups excluding carboxylic acids is 1. The summed E-state index contributed by atoms with van der Waals surface area (Å²) in [6.45, 7) is 6.11. The zero-order valence-electron chi connectivity index (χ0n) is 38.5. The van der Waals surface area contributed by atoms with Gasteiger partial charge in [0.1, 0.15) is 24.4 Å². The SMILES string of the molecule is CCCCCCCCCCCCCCCCCCCCCCC(O)C(=O)N[C@@H](CO[C@H]1C[C@H](CO)[C@H](O)[C@H](O)[C@H]1O)[C@H](O)[C@H](O)CCCCCCCCCCCC(C)C. The lowest BCUT2D eigenvalue weighted by molar-refractivity contribution is -0.182. The standard InChI is InChI=1S/C49H97NO9/c1-4-5-6-7-8-9-10-11-12-13-14-15-16-17-18-19-22-26-29-32-35-43(53)49(58)50-41(38-59-44-36-40(37-51)45(54)48(57)47(44)56)46(55)42(52)34-31-28-25-23-20-21-24-27-30-33-39(2)3/h39-48,51-57H,4-38H2,1-3H3,(H,50,58)/t40-,41+,42-,43?,44+,45+,46+,47+,48+/m1/s1. The molecule has 0 aliphatic heterocycles. The van der Waals surface area contributed by atoms with Gasteiger partial charge in [0.25, 0.3) is 0 Å². The summed E-state index contributed by atoms with van der Waals surface area (Å²) < 4.78 is 5.88. The van der Waals surface area contributed by atoms with Crippen molar-refractivity contribution < 1.29 is 45.3 Å². The molecule has 10 nitrogen and oxygen atoms in total. The Balaban J connectivity index is 2.37. The minimum Gasteiger partial charge on any atom is -0.396 e. The molecule has 1 aliphatic rings. The fourth-order valence-corrected chi connectivity index (χ4v) is 8.67. The molecule has 0 bridgehead atoms. The van der Waals surface area contributed by atoms with E-state index in [0.717, 1.165) is 50.9 Å². The van der Waals surface area contributed by atoms with Crippen molar-refractivity contribution in [3.05, 3.63) is 0 Å². The molecule has 0 spiro atoms. The number of ether oxygens (including phenoxy) is 1. The maximum atomic E-state index is 13.1. The molecule has 59 heavy (non-hydrogen) atoms. The molecule has 1 fully saturated rings. The van der Waals surface area contributed by atoms with Crippen LogP contribution >= 0.6 is 0 Å². The number of aliphatic hydroxyl groups is 7. The summed E-state index contributed by atoms with van der Waals surface area (Å²) in [5, 5.41) is 76.3. The maximum absolute atomic E-state index is 13.1. The smallest absolute Gasteiger partial charge is 0.249 e. The van der Waals surface area contributed by atoms with E-state index in [2.05, 4.69) is 26.1 Å². The molecule has 1 unspecified atom stereocenters. The highest BCUT2D eigenvalue weighted by Gasteiger charge is 2.43. The molecule has 0 aromatic heterocycles. The van der Waals surface area contributed by atoms with Gasteiger partial charge in [-0.3, -0.25) is 4.79 Å². The maximum Gasteiger partial charge on any atom is 0.249 e. The van der Waals surface area contributed by atoms with E-state index in [1.54, 1.807) is 0 Å². The van der Waals surface area contributed by atoms with E-state index in [9.17, 15) is 40.5 Å². The van der Waals surface area contributed by atoms with Gasteiger partial charge < -0.3 is 45.8 Å². The first-order valence-electron chi connectivity index (χ1n) is 25.1. The van der Waals surface area contributed by atoms with Crippen molar-refractivity contribution in [2.24, 2.45) is 11.8 Å². The number of amides is 1. The normalized spacial score (nSPS) is 21.8. The average molecular weight is 844 g/mol. The summed E-state index contributed by atoms with van der Waals surface area (Å²) in [5.41, 5.74) is 0. The second kappa shape index (κ2) is 37.7. The van der Waals surface area contributed by atoms with Crippen LogP contribution in [0.25, 0.3) is 0 Å². The topological polar surface area (TPSA) is 180 Å². The number of unbranched alkanes of at least 4 members (excludes halogenated alkanes) is 27. The molecule has 8 N–H and O–H groups in total. The van der Waals surface area contributed by atoms with E-state index < -0.39 is 67.2 Å². The van der Waals surface area contributed by atoms with Crippen molar-refractivity contribution in [3.8, 4) is 0 Å². The van der Waals surface area contributed by atoms with Crippen LogP contribution in [-0.4, -0.2) is 104 Å². The second-order valence-corrected chi connectivity index (χ2v) is 18.9. The van der Waals surface area contributed by atoms with Gasteiger partial charge in [-0.1, -0.05) is 213 Å². The monoisotopic (exact) mass is 844 g/mol. The molecular weight excluding hydrogens is 747 g/mol. The Morgan fingerprint density at radius 1 is 0.559 bits per heavy atom. The summed E-state index contributed by atoms with van der Waals surface area (Å²) >= 11 is 0. The lowest BCUT2D eigenvalue weighted by Crippen LogP contribution is -2.57. The van der Waals surface area contributed by atoms with E-state index >= 15 is 0 Å². The molecule has 1 rings (SSSR count). The van der Waals surface area contributed by atoms with Crippen LogP contribution < -0.4 is 5.32 Å². The Morgan fingerprint density at radius 2 is 0.949 bits per heavy atom. The minimum absolute atomic E-state index is 0.0647. The summed E-state index contributed by atoms with van der Waals surface area (Å²) in [4.78, 5) is 13.1. The van der Waals surface area contributed by atoms with Crippen LogP contribution in [0.2, 0.25) is 0 Å².